The van der Waals surface area contributed by atoms with Gasteiger partial charge in [-0.2, -0.15) is 0 Å². The molecule has 2 heterocycles. The molecule has 0 bridgehead atoms. The van der Waals surface area contributed by atoms with E-state index < -0.39 is 5.54 Å². The maximum atomic E-state index is 12.7. The summed E-state index contributed by atoms with van der Waals surface area (Å²) in [5.41, 5.74) is -0.755. The molecule has 19 heavy (non-hydrogen) atoms. The Hall–Kier alpha value is -1.10. The fourth-order valence-electron chi connectivity index (χ4n) is 2.91. The summed E-state index contributed by atoms with van der Waals surface area (Å²) >= 11 is 0. The van der Waals surface area contributed by atoms with Crippen LogP contribution < -0.4 is 5.32 Å². The fraction of sp³-hybridized carbons (Fsp3) is 0.857. The van der Waals surface area contributed by atoms with Gasteiger partial charge >= 0.3 is 0 Å². The Labute approximate surface area is 114 Å². The number of rotatable bonds is 2. The lowest BCUT2D eigenvalue weighted by atomic mass is 9.94. The lowest BCUT2D eigenvalue weighted by Crippen LogP contribution is -2.57. The van der Waals surface area contributed by atoms with Crippen molar-refractivity contribution in [2.75, 3.05) is 13.2 Å². The molecule has 2 fully saturated rings. The summed E-state index contributed by atoms with van der Waals surface area (Å²) in [4.78, 5) is 26.4. The van der Waals surface area contributed by atoms with Gasteiger partial charge in [0, 0.05) is 25.6 Å². The molecule has 108 valence electrons. The van der Waals surface area contributed by atoms with Crippen LogP contribution in [0.3, 0.4) is 0 Å². The maximum Gasteiger partial charge on any atom is 0.248 e. The van der Waals surface area contributed by atoms with Gasteiger partial charge in [-0.25, -0.2) is 0 Å². The van der Waals surface area contributed by atoms with Crippen molar-refractivity contribution in [3.05, 3.63) is 0 Å². The molecular weight excluding hydrogens is 244 g/mol. The Bertz CT molecular complexity index is 372. The minimum Gasteiger partial charge on any atom is -0.378 e. The van der Waals surface area contributed by atoms with Crippen molar-refractivity contribution >= 4 is 11.8 Å². The zero-order valence-corrected chi connectivity index (χ0v) is 12.1. The van der Waals surface area contributed by atoms with Gasteiger partial charge in [-0.15, -0.1) is 0 Å². The van der Waals surface area contributed by atoms with E-state index in [0.717, 1.165) is 12.8 Å². The fourth-order valence-corrected chi connectivity index (χ4v) is 2.91. The van der Waals surface area contributed by atoms with Gasteiger partial charge in [-0.1, -0.05) is 6.92 Å². The topological polar surface area (TPSA) is 58.6 Å². The van der Waals surface area contributed by atoms with Gasteiger partial charge in [0.2, 0.25) is 11.8 Å². The van der Waals surface area contributed by atoms with Crippen molar-refractivity contribution < 1.29 is 14.3 Å². The van der Waals surface area contributed by atoms with E-state index in [9.17, 15) is 9.59 Å². The van der Waals surface area contributed by atoms with Crippen LogP contribution in [-0.4, -0.2) is 47.6 Å². The van der Waals surface area contributed by atoms with Gasteiger partial charge in [0.05, 0.1) is 6.10 Å². The predicted molar refractivity (Wildman–Crippen MR) is 71.6 cm³/mol. The summed E-state index contributed by atoms with van der Waals surface area (Å²) in [6.45, 7) is 7.02. The van der Waals surface area contributed by atoms with Crippen LogP contribution in [0.15, 0.2) is 0 Å². The van der Waals surface area contributed by atoms with Crippen LogP contribution in [0.4, 0.5) is 0 Å². The molecule has 0 saturated carbocycles. The molecule has 5 heteroatoms. The highest BCUT2D eigenvalue weighted by Crippen LogP contribution is 2.25. The highest BCUT2D eigenvalue weighted by atomic mass is 16.5. The summed E-state index contributed by atoms with van der Waals surface area (Å²) in [6, 6.07) is 0.204. The zero-order valence-electron chi connectivity index (χ0n) is 12.1. The summed E-state index contributed by atoms with van der Waals surface area (Å²) in [6.07, 6.45) is 2.93. The van der Waals surface area contributed by atoms with Crippen molar-refractivity contribution in [2.24, 2.45) is 0 Å². The number of hydrogen-bond acceptors (Lipinski definition) is 3. The Morgan fingerprint density at radius 3 is 2.84 bits per heavy atom. The first-order chi connectivity index (χ1) is 8.96. The summed E-state index contributed by atoms with van der Waals surface area (Å²) in [7, 11) is 0. The van der Waals surface area contributed by atoms with Crippen LogP contribution in [-0.2, 0) is 14.3 Å². The third-order valence-electron chi connectivity index (χ3n) is 4.33. The van der Waals surface area contributed by atoms with E-state index in [-0.39, 0.29) is 24.0 Å². The second kappa shape index (κ2) is 5.49. The monoisotopic (exact) mass is 268 g/mol. The first-order valence-electron chi connectivity index (χ1n) is 7.20. The van der Waals surface area contributed by atoms with Crippen LogP contribution in [0.5, 0.6) is 0 Å². The van der Waals surface area contributed by atoms with E-state index in [1.165, 1.54) is 0 Å². The Morgan fingerprint density at radius 2 is 2.21 bits per heavy atom. The zero-order chi connectivity index (χ0) is 14.0. The van der Waals surface area contributed by atoms with E-state index >= 15 is 0 Å². The first kappa shape index (κ1) is 14.3. The number of amides is 2. The van der Waals surface area contributed by atoms with Crippen molar-refractivity contribution in [2.45, 2.75) is 64.1 Å². The summed E-state index contributed by atoms with van der Waals surface area (Å²) in [5, 5.41) is 2.87. The highest BCUT2D eigenvalue weighted by Gasteiger charge is 2.42. The van der Waals surface area contributed by atoms with Crippen LogP contribution in [0.1, 0.15) is 46.5 Å². The molecule has 0 spiro atoms. The average Bonchev–Trinajstić information content (AvgIpc) is 2.48. The maximum absolute atomic E-state index is 12.7. The number of ether oxygens (including phenoxy) is 1. The lowest BCUT2D eigenvalue weighted by molar-refractivity contribution is -0.142. The SMILES string of the molecule is CCC1(C)NC(=O)CCN(C2CCOC(C)C2)C1=O. The largest absolute Gasteiger partial charge is 0.378 e. The van der Waals surface area contributed by atoms with Crippen LogP contribution in [0, 0.1) is 0 Å². The van der Waals surface area contributed by atoms with Gasteiger partial charge in [-0.3, -0.25) is 9.59 Å². The van der Waals surface area contributed by atoms with Gasteiger partial charge in [0.1, 0.15) is 5.54 Å². The van der Waals surface area contributed by atoms with Gasteiger partial charge in [0.15, 0.2) is 0 Å². The Kier molecular flexibility index (Phi) is 4.13. The van der Waals surface area contributed by atoms with Gasteiger partial charge < -0.3 is 15.0 Å². The van der Waals surface area contributed by atoms with Gasteiger partial charge in [-0.05, 0) is 33.1 Å². The van der Waals surface area contributed by atoms with Crippen LogP contribution in [0.25, 0.3) is 0 Å². The van der Waals surface area contributed by atoms with Crippen molar-refractivity contribution in [3.8, 4) is 0 Å². The number of carbonyl (C=O) groups excluding carboxylic acids is 2. The number of carbonyl (C=O) groups is 2. The molecule has 0 aromatic rings. The Morgan fingerprint density at radius 1 is 1.47 bits per heavy atom. The molecule has 5 nitrogen and oxygen atoms in total. The highest BCUT2D eigenvalue weighted by molar-refractivity contribution is 5.93. The molecule has 2 aliphatic rings. The van der Waals surface area contributed by atoms with E-state index in [1.807, 2.05) is 25.7 Å². The number of hydrogen-bond donors (Lipinski definition) is 1. The molecule has 0 aromatic carbocycles. The minimum absolute atomic E-state index is 0.0275. The molecule has 2 rings (SSSR count). The molecule has 2 saturated heterocycles. The van der Waals surface area contributed by atoms with E-state index in [1.54, 1.807) is 0 Å². The van der Waals surface area contributed by atoms with Crippen molar-refractivity contribution in [1.29, 1.82) is 0 Å². The molecule has 0 radical (unpaired) electrons. The molecule has 3 atom stereocenters. The molecule has 0 aliphatic carbocycles. The van der Waals surface area contributed by atoms with E-state index in [4.69, 9.17) is 4.74 Å². The smallest absolute Gasteiger partial charge is 0.248 e. The van der Waals surface area contributed by atoms with Crippen LogP contribution in [0.2, 0.25) is 0 Å². The van der Waals surface area contributed by atoms with Crippen molar-refractivity contribution in [3.63, 3.8) is 0 Å². The number of nitrogens with one attached hydrogen (secondary N) is 1. The van der Waals surface area contributed by atoms with E-state index in [2.05, 4.69) is 5.32 Å². The normalized spacial score (nSPS) is 36.9. The number of nitrogens with zero attached hydrogens (tertiary/aromatic N) is 1. The summed E-state index contributed by atoms with van der Waals surface area (Å²) < 4.78 is 5.54. The summed E-state index contributed by atoms with van der Waals surface area (Å²) in [5.74, 6) is 0.0280. The van der Waals surface area contributed by atoms with Gasteiger partial charge in [0.25, 0.3) is 0 Å². The van der Waals surface area contributed by atoms with Crippen LogP contribution >= 0.6 is 0 Å². The second-order valence-corrected chi connectivity index (χ2v) is 5.84. The minimum atomic E-state index is -0.755. The first-order valence-corrected chi connectivity index (χ1v) is 7.20. The molecule has 0 aromatic heterocycles. The Balaban J connectivity index is 2.18. The standard InChI is InChI=1S/C14H24N2O3/c1-4-14(3)13(18)16(7-5-12(17)15-14)11-6-8-19-10(2)9-11/h10-11H,4-9H2,1-3H3,(H,15,17). The third-order valence-corrected chi connectivity index (χ3v) is 4.33. The molecular formula is C14H24N2O3. The quantitative estimate of drug-likeness (QED) is 0.815. The second-order valence-electron chi connectivity index (χ2n) is 5.84. The lowest BCUT2D eigenvalue weighted by Gasteiger charge is -2.39. The molecule has 1 N–H and O–H groups in total. The predicted octanol–water partition coefficient (Wildman–Crippen LogP) is 1.07. The van der Waals surface area contributed by atoms with E-state index in [0.29, 0.717) is 26.0 Å². The third kappa shape index (κ3) is 2.91. The van der Waals surface area contributed by atoms with Crippen molar-refractivity contribution in [1.82, 2.24) is 10.2 Å². The average molecular weight is 268 g/mol. The molecule has 3 unspecified atom stereocenters. The molecule has 2 aliphatic heterocycles. The molecule has 2 amide bonds.